The van der Waals surface area contributed by atoms with Crippen molar-refractivity contribution in [2.45, 2.75) is 57.5 Å². The summed E-state index contributed by atoms with van der Waals surface area (Å²) in [6, 6.07) is 0.969. The largest absolute Gasteiger partial charge is 0.353 e. The van der Waals surface area contributed by atoms with Gasteiger partial charge in [0.1, 0.15) is 0 Å². The molecule has 1 saturated heterocycles. The van der Waals surface area contributed by atoms with Crippen LogP contribution >= 0.6 is 0 Å². The summed E-state index contributed by atoms with van der Waals surface area (Å²) in [6.45, 7) is 3.25. The van der Waals surface area contributed by atoms with E-state index >= 15 is 0 Å². The van der Waals surface area contributed by atoms with Crippen LogP contribution in [0.15, 0.2) is 0 Å². The highest BCUT2D eigenvalue weighted by molar-refractivity contribution is 5.82. The fourth-order valence-electron chi connectivity index (χ4n) is 3.94. The van der Waals surface area contributed by atoms with Crippen molar-refractivity contribution in [2.75, 3.05) is 6.54 Å². The second kappa shape index (κ2) is 4.60. The zero-order valence-corrected chi connectivity index (χ0v) is 10.7. The van der Waals surface area contributed by atoms with Gasteiger partial charge < -0.3 is 10.6 Å². The van der Waals surface area contributed by atoms with Gasteiger partial charge in [-0.2, -0.15) is 0 Å². The molecule has 3 nitrogen and oxygen atoms in total. The first-order valence-electron chi connectivity index (χ1n) is 7.29. The van der Waals surface area contributed by atoms with Gasteiger partial charge in [0.15, 0.2) is 0 Å². The quantitative estimate of drug-likeness (QED) is 0.766. The third kappa shape index (κ3) is 2.35. The molecule has 3 fully saturated rings. The molecule has 2 N–H and O–H groups in total. The lowest BCUT2D eigenvalue weighted by Crippen LogP contribution is -2.47. The normalized spacial score (nSPS) is 44.9. The smallest absolute Gasteiger partial charge is 0.223 e. The van der Waals surface area contributed by atoms with E-state index in [-0.39, 0.29) is 0 Å². The monoisotopic (exact) mass is 236 g/mol. The number of carbonyl (C=O) groups is 1. The van der Waals surface area contributed by atoms with Crippen LogP contribution in [0.5, 0.6) is 0 Å². The van der Waals surface area contributed by atoms with Gasteiger partial charge in [-0.3, -0.25) is 4.79 Å². The topological polar surface area (TPSA) is 41.1 Å². The van der Waals surface area contributed by atoms with Gasteiger partial charge >= 0.3 is 0 Å². The molecule has 0 bridgehead atoms. The summed E-state index contributed by atoms with van der Waals surface area (Å²) in [7, 11) is 0. The highest BCUT2D eigenvalue weighted by atomic mass is 16.2. The minimum Gasteiger partial charge on any atom is -0.353 e. The van der Waals surface area contributed by atoms with Gasteiger partial charge in [0.25, 0.3) is 0 Å². The van der Waals surface area contributed by atoms with Crippen molar-refractivity contribution in [1.82, 2.24) is 10.6 Å². The Labute approximate surface area is 104 Å². The number of hydrogen-bond acceptors (Lipinski definition) is 2. The number of carbonyl (C=O) groups excluding carboxylic acids is 1. The molecule has 2 aliphatic carbocycles. The predicted octanol–water partition coefficient (Wildman–Crippen LogP) is 1.68. The Morgan fingerprint density at radius 2 is 1.88 bits per heavy atom. The van der Waals surface area contributed by atoms with Crippen molar-refractivity contribution in [3.8, 4) is 0 Å². The van der Waals surface area contributed by atoms with Gasteiger partial charge in [-0.05, 0) is 51.0 Å². The summed E-state index contributed by atoms with van der Waals surface area (Å²) in [6.07, 6.45) is 7.47. The van der Waals surface area contributed by atoms with Gasteiger partial charge in [0.2, 0.25) is 5.91 Å². The molecule has 4 unspecified atom stereocenters. The lowest BCUT2D eigenvalue weighted by atomic mass is 10.0. The maximum Gasteiger partial charge on any atom is 0.223 e. The average molecular weight is 236 g/mol. The Bertz CT molecular complexity index is 293. The second-order valence-corrected chi connectivity index (χ2v) is 6.22. The van der Waals surface area contributed by atoms with Crippen molar-refractivity contribution in [1.29, 1.82) is 0 Å². The summed E-state index contributed by atoms with van der Waals surface area (Å²) < 4.78 is 0. The Morgan fingerprint density at radius 1 is 1.18 bits per heavy atom. The second-order valence-electron chi connectivity index (χ2n) is 6.22. The van der Waals surface area contributed by atoms with Crippen molar-refractivity contribution < 1.29 is 4.79 Å². The number of rotatable bonds is 2. The van der Waals surface area contributed by atoms with E-state index in [9.17, 15) is 4.79 Å². The molecule has 0 aromatic carbocycles. The summed E-state index contributed by atoms with van der Waals surface area (Å²) in [5, 5.41) is 6.72. The third-order valence-corrected chi connectivity index (χ3v) is 4.93. The number of piperidine rings is 1. The number of hydrogen-bond donors (Lipinski definition) is 2. The first-order chi connectivity index (χ1) is 8.25. The molecular weight excluding hydrogens is 212 g/mol. The van der Waals surface area contributed by atoms with Crippen molar-refractivity contribution in [3.05, 3.63) is 0 Å². The molecule has 3 rings (SSSR count). The molecule has 0 radical (unpaired) electrons. The van der Waals surface area contributed by atoms with E-state index in [1.807, 2.05) is 0 Å². The van der Waals surface area contributed by atoms with Gasteiger partial charge in [-0.15, -0.1) is 0 Å². The summed E-state index contributed by atoms with van der Waals surface area (Å²) in [4.78, 5) is 12.2. The molecule has 1 amide bonds. The third-order valence-electron chi connectivity index (χ3n) is 4.93. The Kier molecular flexibility index (Phi) is 3.12. The van der Waals surface area contributed by atoms with Gasteiger partial charge in [0.05, 0.1) is 0 Å². The SMILES string of the molecule is CC1CC(NC(=O)C2C3CCCCC32)CCN1. The molecule has 3 aliphatic rings. The van der Waals surface area contributed by atoms with Crippen LogP contribution in [0.3, 0.4) is 0 Å². The van der Waals surface area contributed by atoms with Gasteiger partial charge in [-0.25, -0.2) is 0 Å². The van der Waals surface area contributed by atoms with Crippen molar-refractivity contribution >= 4 is 5.91 Å². The molecule has 2 saturated carbocycles. The molecular formula is C14H24N2O. The van der Waals surface area contributed by atoms with Crippen LogP contribution in [0.25, 0.3) is 0 Å². The van der Waals surface area contributed by atoms with E-state index in [2.05, 4.69) is 17.6 Å². The van der Waals surface area contributed by atoms with E-state index in [0.717, 1.165) is 31.2 Å². The van der Waals surface area contributed by atoms with Crippen LogP contribution in [0.2, 0.25) is 0 Å². The van der Waals surface area contributed by atoms with Gasteiger partial charge in [0, 0.05) is 18.0 Å². The van der Waals surface area contributed by atoms with Gasteiger partial charge in [-0.1, -0.05) is 12.8 Å². The fourth-order valence-corrected chi connectivity index (χ4v) is 3.94. The molecule has 0 aromatic heterocycles. The number of fused-ring (bicyclic) bond motifs is 1. The molecule has 0 spiro atoms. The Morgan fingerprint density at radius 3 is 2.53 bits per heavy atom. The molecule has 3 heteroatoms. The van der Waals surface area contributed by atoms with E-state index < -0.39 is 0 Å². The first-order valence-corrected chi connectivity index (χ1v) is 7.29. The van der Waals surface area contributed by atoms with E-state index in [4.69, 9.17) is 0 Å². The Balaban J connectivity index is 1.50. The highest BCUT2D eigenvalue weighted by Crippen LogP contribution is 2.55. The van der Waals surface area contributed by atoms with E-state index in [0.29, 0.717) is 23.9 Å². The minimum absolute atomic E-state index is 0.362. The van der Waals surface area contributed by atoms with Crippen LogP contribution < -0.4 is 10.6 Å². The number of amides is 1. The summed E-state index contributed by atoms with van der Waals surface area (Å²) >= 11 is 0. The number of nitrogens with one attached hydrogen (secondary N) is 2. The zero-order valence-electron chi connectivity index (χ0n) is 10.7. The van der Waals surface area contributed by atoms with Crippen LogP contribution in [0.4, 0.5) is 0 Å². The van der Waals surface area contributed by atoms with Crippen molar-refractivity contribution in [2.24, 2.45) is 17.8 Å². The molecule has 96 valence electrons. The van der Waals surface area contributed by atoms with Crippen LogP contribution in [0, 0.1) is 17.8 Å². The maximum absolute atomic E-state index is 12.2. The van der Waals surface area contributed by atoms with Crippen molar-refractivity contribution in [3.63, 3.8) is 0 Å². The van der Waals surface area contributed by atoms with Crippen LogP contribution in [0.1, 0.15) is 45.4 Å². The highest BCUT2D eigenvalue weighted by Gasteiger charge is 2.54. The maximum atomic E-state index is 12.2. The average Bonchev–Trinajstić information content (AvgIpc) is 3.03. The fraction of sp³-hybridized carbons (Fsp3) is 0.929. The van der Waals surface area contributed by atoms with E-state index in [1.54, 1.807) is 0 Å². The lowest BCUT2D eigenvalue weighted by molar-refractivity contribution is -0.123. The molecule has 17 heavy (non-hydrogen) atoms. The first kappa shape index (κ1) is 11.5. The molecule has 0 aromatic rings. The Hall–Kier alpha value is -0.570. The summed E-state index contributed by atoms with van der Waals surface area (Å²) in [5.41, 5.74) is 0. The molecule has 1 heterocycles. The zero-order chi connectivity index (χ0) is 11.8. The molecule has 1 aliphatic heterocycles. The van der Waals surface area contributed by atoms with Crippen LogP contribution in [-0.2, 0) is 4.79 Å². The lowest BCUT2D eigenvalue weighted by Gasteiger charge is -2.28. The predicted molar refractivity (Wildman–Crippen MR) is 67.6 cm³/mol. The van der Waals surface area contributed by atoms with Crippen LogP contribution in [-0.4, -0.2) is 24.5 Å². The standard InChI is InChI=1S/C14H24N2O/c1-9-8-10(6-7-15-9)16-14(17)13-11-4-2-3-5-12(11)13/h9-13,15H,2-8H2,1H3,(H,16,17). The van der Waals surface area contributed by atoms with E-state index in [1.165, 1.54) is 25.7 Å². The summed E-state index contributed by atoms with van der Waals surface area (Å²) in [5.74, 6) is 2.22. The molecule has 4 atom stereocenters. The minimum atomic E-state index is 0.362.